The Bertz CT molecular complexity index is 376. The van der Waals surface area contributed by atoms with Crippen LogP contribution in [0.1, 0.15) is 24.8 Å². The Morgan fingerprint density at radius 3 is 2.81 bits per heavy atom. The Morgan fingerprint density at radius 1 is 1.31 bits per heavy atom. The fraction of sp³-hybridized carbons (Fsp3) is 0.500. The third-order valence-electron chi connectivity index (χ3n) is 3.01. The van der Waals surface area contributed by atoms with Gasteiger partial charge in [0.25, 0.3) is 0 Å². The number of nitrogens with one attached hydrogen (secondary N) is 1. The van der Waals surface area contributed by atoms with E-state index in [4.69, 9.17) is 0 Å². The van der Waals surface area contributed by atoms with Crippen LogP contribution in [0, 0.1) is 0 Å². The van der Waals surface area contributed by atoms with Crippen molar-refractivity contribution in [3.8, 4) is 11.5 Å². The lowest BCUT2D eigenvalue weighted by Crippen LogP contribution is -2.35. The summed E-state index contributed by atoms with van der Waals surface area (Å²) in [6, 6.07) is 3.78. The van der Waals surface area contributed by atoms with Gasteiger partial charge in [-0.05, 0) is 37.9 Å². The predicted octanol–water partition coefficient (Wildman–Crippen LogP) is 2.54. The first-order valence-electron chi connectivity index (χ1n) is 5.60. The average Bonchev–Trinajstić information content (AvgIpc) is 2.27. The molecule has 16 heavy (non-hydrogen) atoms. The van der Waals surface area contributed by atoms with E-state index in [-0.39, 0.29) is 11.5 Å². The highest BCUT2D eigenvalue weighted by atomic mass is 79.9. The first-order chi connectivity index (χ1) is 7.66. The number of hydrogen-bond donors (Lipinski definition) is 3. The number of halogens is 1. The molecule has 0 bridgehead atoms. The number of piperidine rings is 1. The van der Waals surface area contributed by atoms with Gasteiger partial charge in [0.15, 0.2) is 11.5 Å². The molecular weight excluding hydrogens is 270 g/mol. The van der Waals surface area contributed by atoms with Crippen molar-refractivity contribution in [2.45, 2.75) is 31.7 Å². The van der Waals surface area contributed by atoms with Crippen LogP contribution >= 0.6 is 15.9 Å². The number of hydrogen-bond acceptors (Lipinski definition) is 3. The summed E-state index contributed by atoms with van der Waals surface area (Å²) in [4.78, 5) is 0. The molecule has 0 aliphatic carbocycles. The highest BCUT2D eigenvalue weighted by Gasteiger charge is 2.16. The van der Waals surface area contributed by atoms with E-state index in [0.717, 1.165) is 29.4 Å². The van der Waals surface area contributed by atoms with Crippen LogP contribution in [0.25, 0.3) is 0 Å². The molecule has 1 aromatic carbocycles. The summed E-state index contributed by atoms with van der Waals surface area (Å²) in [7, 11) is 0. The van der Waals surface area contributed by atoms with E-state index >= 15 is 0 Å². The summed E-state index contributed by atoms with van der Waals surface area (Å²) in [5, 5.41) is 22.7. The third kappa shape index (κ3) is 2.68. The summed E-state index contributed by atoms with van der Waals surface area (Å²) in [5.74, 6) is -0.0456. The van der Waals surface area contributed by atoms with Crippen LogP contribution in [0.5, 0.6) is 11.5 Å². The van der Waals surface area contributed by atoms with Gasteiger partial charge in [-0.1, -0.05) is 22.4 Å². The zero-order chi connectivity index (χ0) is 11.5. The van der Waals surface area contributed by atoms with Gasteiger partial charge in [-0.15, -0.1) is 0 Å². The highest BCUT2D eigenvalue weighted by molar-refractivity contribution is 9.10. The second-order valence-electron chi connectivity index (χ2n) is 4.28. The van der Waals surface area contributed by atoms with E-state index in [1.165, 1.54) is 18.9 Å². The molecule has 1 aliphatic rings. The molecule has 0 spiro atoms. The lowest BCUT2D eigenvalue weighted by Gasteiger charge is -2.23. The topological polar surface area (TPSA) is 52.5 Å². The van der Waals surface area contributed by atoms with Gasteiger partial charge in [-0.2, -0.15) is 0 Å². The molecule has 1 atom stereocenters. The van der Waals surface area contributed by atoms with Crippen molar-refractivity contribution in [2.24, 2.45) is 0 Å². The number of rotatable bonds is 2. The zero-order valence-electron chi connectivity index (χ0n) is 9.04. The van der Waals surface area contributed by atoms with Crippen LogP contribution in [-0.4, -0.2) is 22.8 Å². The Hall–Kier alpha value is -0.740. The van der Waals surface area contributed by atoms with Crippen LogP contribution in [0.2, 0.25) is 0 Å². The Morgan fingerprint density at radius 2 is 2.12 bits per heavy atom. The molecule has 1 aromatic rings. The normalized spacial score (nSPS) is 20.9. The van der Waals surface area contributed by atoms with Gasteiger partial charge in [0.1, 0.15) is 0 Å². The number of aromatic hydroxyl groups is 2. The third-order valence-corrected chi connectivity index (χ3v) is 3.47. The molecular formula is C12H16BrNO2. The Kier molecular flexibility index (Phi) is 3.71. The van der Waals surface area contributed by atoms with Gasteiger partial charge in [0, 0.05) is 16.1 Å². The van der Waals surface area contributed by atoms with E-state index in [9.17, 15) is 10.2 Å². The van der Waals surface area contributed by atoms with E-state index in [0.29, 0.717) is 6.04 Å². The molecule has 3 nitrogen and oxygen atoms in total. The predicted molar refractivity (Wildman–Crippen MR) is 66.8 cm³/mol. The molecule has 3 N–H and O–H groups in total. The first kappa shape index (κ1) is 11.7. The zero-order valence-corrected chi connectivity index (χ0v) is 10.6. The number of phenolic OH excluding ortho intramolecular Hbond substituents is 2. The molecule has 88 valence electrons. The Balaban J connectivity index is 2.13. The fourth-order valence-electron chi connectivity index (χ4n) is 2.16. The Labute approximate surface area is 104 Å². The van der Waals surface area contributed by atoms with Gasteiger partial charge in [0.05, 0.1) is 0 Å². The maximum atomic E-state index is 9.75. The molecule has 0 aromatic heterocycles. The molecule has 1 fully saturated rings. The van der Waals surface area contributed by atoms with Crippen molar-refractivity contribution in [3.63, 3.8) is 0 Å². The van der Waals surface area contributed by atoms with Crippen LogP contribution in [-0.2, 0) is 6.42 Å². The molecule has 1 heterocycles. The lowest BCUT2D eigenvalue weighted by molar-refractivity contribution is 0.378. The van der Waals surface area contributed by atoms with Gasteiger partial charge in [-0.25, -0.2) is 0 Å². The van der Waals surface area contributed by atoms with Gasteiger partial charge in [0.2, 0.25) is 0 Å². The SMILES string of the molecule is Oc1cc(Br)cc(CC2CCCCN2)c1O. The minimum absolute atomic E-state index is 0.00979. The van der Waals surface area contributed by atoms with Crippen LogP contribution < -0.4 is 5.32 Å². The summed E-state index contributed by atoms with van der Waals surface area (Å²) < 4.78 is 0.800. The summed E-state index contributed by atoms with van der Waals surface area (Å²) in [6.45, 7) is 1.05. The van der Waals surface area contributed by atoms with Gasteiger partial charge < -0.3 is 15.5 Å². The fourth-order valence-corrected chi connectivity index (χ4v) is 2.65. The molecule has 1 unspecified atom stereocenters. The number of benzene rings is 1. The minimum atomic E-state index is -0.0554. The van der Waals surface area contributed by atoms with Crippen molar-refractivity contribution < 1.29 is 10.2 Å². The van der Waals surface area contributed by atoms with E-state index < -0.39 is 0 Å². The van der Waals surface area contributed by atoms with Crippen LogP contribution in [0.15, 0.2) is 16.6 Å². The van der Waals surface area contributed by atoms with Crippen molar-refractivity contribution in [1.82, 2.24) is 5.32 Å². The van der Waals surface area contributed by atoms with Gasteiger partial charge in [-0.3, -0.25) is 0 Å². The second kappa shape index (κ2) is 5.06. The van der Waals surface area contributed by atoms with E-state index in [1.807, 2.05) is 6.07 Å². The second-order valence-corrected chi connectivity index (χ2v) is 5.20. The molecule has 0 saturated carbocycles. The standard InChI is InChI=1S/C12H16BrNO2/c13-9-5-8(12(16)11(15)7-9)6-10-3-1-2-4-14-10/h5,7,10,14-16H,1-4,6H2. The molecule has 1 aliphatic heterocycles. The monoisotopic (exact) mass is 285 g/mol. The van der Waals surface area contributed by atoms with Crippen molar-refractivity contribution in [3.05, 3.63) is 22.2 Å². The molecule has 1 saturated heterocycles. The van der Waals surface area contributed by atoms with E-state index in [1.54, 1.807) is 0 Å². The summed E-state index contributed by atoms with van der Waals surface area (Å²) in [5.41, 5.74) is 0.797. The van der Waals surface area contributed by atoms with Crippen molar-refractivity contribution >= 4 is 15.9 Å². The van der Waals surface area contributed by atoms with Crippen LogP contribution in [0.4, 0.5) is 0 Å². The van der Waals surface area contributed by atoms with Crippen molar-refractivity contribution in [2.75, 3.05) is 6.54 Å². The first-order valence-corrected chi connectivity index (χ1v) is 6.40. The highest BCUT2D eigenvalue weighted by Crippen LogP contribution is 2.33. The quantitative estimate of drug-likeness (QED) is 0.732. The molecule has 2 rings (SSSR count). The number of phenols is 2. The molecule has 0 amide bonds. The largest absolute Gasteiger partial charge is 0.504 e. The van der Waals surface area contributed by atoms with Crippen molar-refractivity contribution in [1.29, 1.82) is 0 Å². The molecule has 0 radical (unpaired) electrons. The maximum absolute atomic E-state index is 9.75. The lowest BCUT2D eigenvalue weighted by atomic mass is 9.97. The molecule has 4 heteroatoms. The maximum Gasteiger partial charge on any atom is 0.160 e. The minimum Gasteiger partial charge on any atom is -0.504 e. The average molecular weight is 286 g/mol. The summed E-state index contributed by atoms with van der Waals surface area (Å²) in [6.07, 6.45) is 4.36. The smallest absolute Gasteiger partial charge is 0.160 e. The van der Waals surface area contributed by atoms with E-state index in [2.05, 4.69) is 21.2 Å². The van der Waals surface area contributed by atoms with Gasteiger partial charge >= 0.3 is 0 Å². The summed E-state index contributed by atoms with van der Waals surface area (Å²) >= 11 is 3.32. The van der Waals surface area contributed by atoms with Crippen LogP contribution in [0.3, 0.4) is 0 Å².